The molecule has 2 heterocycles. The van der Waals surface area contributed by atoms with E-state index in [-0.39, 0.29) is 35.5 Å². The van der Waals surface area contributed by atoms with Crippen molar-refractivity contribution in [1.29, 1.82) is 0 Å². The first-order valence-electron chi connectivity index (χ1n) is 12.3. The van der Waals surface area contributed by atoms with Crippen molar-refractivity contribution in [3.05, 3.63) is 71.8 Å². The second-order valence-electron chi connectivity index (χ2n) is 9.42. The number of carbonyl (C=O) groups is 4. The number of amides is 4. The van der Waals surface area contributed by atoms with E-state index in [0.29, 0.717) is 69.9 Å². The number of carbonyl (C=O) groups excluding carboxylic acids is 4. The molecule has 0 N–H and O–H groups in total. The van der Waals surface area contributed by atoms with E-state index in [9.17, 15) is 19.2 Å². The molecule has 0 spiro atoms. The van der Waals surface area contributed by atoms with Crippen LogP contribution in [0, 0.1) is 11.8 Å². The Balaban J connectivity index is 1.08. The highest BCUT2D eigenvalue weighted by Gasteiger charge is 2.51. The van der Waals surface area contributed by atoms with Gasteiger partial charge in [0, 0.05) is 63.5 Å². The fourth-order valence-corrected chi connectivity index (χ4v) is 5.00. The van der Waals surface area contributed by atoms with Gasteiger partial charge < -0.3 is 19.6 Å². The van der Waals surface area contributed by atoms with Crippen LogP contribution in [0.4, 0.5) is 0 Å². The maximum atomic E-state index is 13.0. The second-order valence-corrected chi connectivity index (χ2v) is 9.42. The Kier molecular flexibility index (Phi) is 6.53. The Morgan fingerprint density at radius 2 is 0.800 bits per heavy atom. The van der Waals surface area contributed by atoms with Crippen molar-refractivity contribution in [3.8, 4) is 0 Å². The molecule has 0 radical (unpaired) electrons. The van der Waals surface area contributed by atoms with Crippen LogP contribution in [-0.4, -0.2) is 95.6 Å². The molecule has 2 saturated heterocycles. The van der Waals surface area contributed by atoms with Crippen LogP contribution in [0.3, 0.4) is 0 Å². The molecule has 2 aliphatic heterocycles. The molecular weight excluding hydrogens is 444 g/mol. The molecule has 0 aromatic heterocycles. The van der Waals surface area contributed by atoms with Crippen LogP contribution in [0.5, 0.6) is 0 Å². The average molecular weight is 475 g/mol. The highest BCUT2D eigenvalue weighted by Crippen LogP contribution is 2.41. The SMILES string of the molecule is O=C(c1ccccc1)N1CCN(C(=O)[C@H]2C[C@H]2C(=O)N2CCN(C(=O)c3ccccc3)CC2)CC1. The van der Waals surface area contributed by atoms with Crippen molar-refractivity contribution in [2.45, 2.75) is 6.42 Å². The van der Waals surface area contributed by atoms with Crippen molar-refractivity contribution in [2.24, 2.45) is 11.8 Å². The minimum absolute atomic E-state index is 0.0120. The maximum absolute atomic E-state index is 13.0. The first-order chi connectivity index (χ1) is 17.0. The molecule has 0 bridgehead atoms. The van der Waals surface area contributed by atoms with Crippen LogP contribution < -0.4 is 0 Å². The summed E-state index contributed by atoms with van der Waals surface area (Å²) in [6.07, 6.45) is 0.587. The molecule has 2 atom stereocenters. The van der Waals surface area contributed by atoms with Gasteiger partial charge in [0.25, 0.3) is 11.8 Å². The lowest BCUT2D eigenvalue weighted by molar-refractivity contribution is -0.139. The van der Waals surface area contributed by atoms with Gasteiger partial charge in [-0.05, 0) is 30.7 Å². The van der Waals surface area contributed by atoms with Crippen molar-refractivity contribution < 1.29 is 19.2 Å². The first-order valence-corrected chi connectivity index (χ1v) is 12.3. The number of rotatable bonds is 4. The standard InChI is InChI=1S/C27H30N4O4/c32-24(20-7-3-1-4-8-20)28-11-15-30(16-12-28)26(34)22-19-23(22)27(35)31-17-13-29(14-18-31)25(33)21-9-5-2-6-10-21/h1-10,22-23H,11-19H2/t22-,23+. The number of nitrogens with zero attached hydrogens (tertiary/aromatic N) is 4. The molecule has 3 fully saturated rings. The zero-order valence-corrected chi connectivity index (χ0v) is 19.7. The number of benzene rings is 2. The Hall–Kier alpha value is -3.68. The summed E-state index contributed by atoms with van der Waals surface area (Å²) in [4.78, 5) is 58.4. The van der Waals surface area contributed by atoms with Gasteiger partial charge in [0.05, 0.1) is 11.8 Å². The van der Waals surface area contributed by atoms with Gasteiger partial charge in [-0.25, -0.2) is 0 Å². The summed E-state index contributed by atoms with van der Waals surface area (Å²) < 4.78 is 0. The summed E-state index contributed by atoms with van der Waals surface area (Å²) in [5.74, 6) is -0.504. The third-order valence-corrected chi connectivity index (χ3v) is 7.22. The summed E-state index contributed by atoms with van der Waals surface area (Å²) >= 11 is 0. The zero-order chi connectivity index (χ0) is 24.4. The molecule has 1 saturated carbocycles. The molecule has 182 valence electrons. The summed E-state index contributed by atoms with van der Waals surface area (Å²) in [7, 11) is 0. The number of piperazine rings is 2. The van der Waals surface area contributed by atoms with Gasteiger partial charge in [-0.2, -0.15) is 0 Å². The smallest absolute Gasteiger partial charge is 0.253 e. The van der Waals surface area contributed by atoms with E-state index in [2.05, 4.69) is 0 Å². The highest BCUT2D eigenvalue weighted by molar-refractivity contribution is 5.96. The molecule has 8 nitrogen and oxygen atoms in total. The Morgan fingerprint density at radius 1 is 0.486 bits per heavy atom. The van der Waals surface area contributed by atoms with Gasteiger partial charge in [-0.1, -0.05) is 36.4 Å². The monoisotopic (exact) mass is 474 g/mol. The average Bonchev–Trinajstić information content (AvgIpc) is 3.74. The van der Waals surface area contributed by atoms with Crippen LogP contribution >= 0.6 is 0 Å². The molecule has 2 aromatic carbocycles. The van der Waals surface area contributed by atoms with Gasteiger partial charge in [0.15, 0.2) is 0 Å². The second kappa shape index (κ2) is 9.90. The summed E-state index contributed by atoms with van der Waals surface area (Å²) in [5.41, 5.74) is 1.32. The lowest BCUT2D eigenvalue weighted by Gasteiger charge is -2.36. The van der Waals surface area contributed by atoms with E-state index in [1.54, 1.807) is 43.9 Å². The Labute approximate surface area is 205 Å². The van der Waals surface area contributed by atoms with E-state index < -0.39 is 0 Å². The lowest BCUT2D eigenvalue weighted by atomic mass is 10.1. The minimum Gasteiger partial charge on any atom is -0.339 e. The van der Waals surface area contributed by atoms with E-state index >= 15 is 0 Å². The van der Waals surface area contributed by atoms with Gasteiger partial charge in [-0.3, -0.25) is 19.2 Å². The van der Waals surface area contributed by atoms with Gasteiger partial charge in [0.1, 0.15) is 0 Å². The predicted octanol–water partition coefficient (Wildman–Crippen LogP) is 1.59. The lowest BCUT2D eigenvalue weighted by Crippen LogP contribution is -2.52. The van der Waals surface area contributed by atoms with E-state index in [1.807, 2.05) is 36.4 Å². The molecule has 35 heavy (non-hydrogen) atoms. The molecule has 8 heteroatoms. The van der Waals surface area contributed by atoms with Crippen molar-refractivity contribution in [3.63, 3.8) is 0 Å². The quantitative estimate of drug-likeness (QED) is 0.674. The summed E-state index contributed by atoms with van der Waals surface area (Å²) in [6, 6.07) is 18.4. The Morgan fingerprint density at radius 3 is 1.14 bits per heavy atom. The molecular formula is C27H30N4O4. The van der Waals surface area contributed by atoms with Crippen LogP contribution in [0.15, 0.2) is 60.7 Å². The van der Waals surface area contributed by atoms with E-state index in [4.69, 9.17) is 0 Å². The third kappa shape index (κ3) is 4.92. The summed E-state index contributed by atoms with van der Waals surface area (Å²) in [5, 5.41) is 0. The van der Waals surface area contributed by atoms with Gasteiger partial charge in [-0.15, -0.1) is 0 Å². The van der Waals surface area contributed by atoms with Crippen LogP contribution in [0.1, 0.15) is 27.1 Å². The fraction of sp³-hybridized carbons (Fsp3) is 0.407. The number of hydrogen-bond donors (Lipinski definition) is 0. The van der Waals surface area contributed by atoms with Crippen LogP contribution in [0.25, 0.3) is 0 Å². The first kappa shape index (κ1) is 23.1. The minimum atomic E-state index is -0.261. The largest absolute Gasteiger partial charge is 0.339 e. The topological polar surface area (TPSA) is 81.2 Å². The summed E-state index contributed by atoms with van der Waals surface area (Å²) in [6.45, 7) is 3.99. The Bertz CT molecular complexity index is 1000. The molecule has 1 aliphatic carbocycles. The highest BCUT2D eigenvalue weighted by atomic mass is 16.2. The molecule has 3 aliphatic rings. The molecule has 2 aromatic rings. The van der Waals surface area contributed by atoms with Crippen molar-refractivity contribution in [2.75, 3.05) is 52.4 Å². The zero-order valence-electron chi connectivity index (χ0n) is 19.7. The van der Waals surface area contributed by atoms with E-state index in [0.717, 1.165) is 0 Å². The molecule has 0 unspecified atom stereocenters. The van der Waals surface area contributed by atoms with Crippen LogP contribution in [0.2, 0.25) is 0 Å². The third-order valence-electron chi connectivity index (χ3n) is 7.22. The maximum Gasteiger partial charge on any atom is 0.253 e. The normalized spacial score (nSPS) is 22.1. The molecule has 5 rings (SSSR count). The predicted molar refractivity (Wildman–Crippen MR) is 129 cm³/mol. The van der Waals surface area contributed by atoms with Crippen LogP contribution in [-0.2, 0) is 9.59 Å². The molecule has 4 amide bonds. The van der Waals surface area contributed by atoms with E-state index in [1.165, 1.54) is 0 Å². The number of hydrogen-bond acceptors (Lipinski definition) is 4. The van der Waals surface area contributed by atoms with Crippen molar-refractivity contribution in [1.82, 2.24) is 19.6 Å². The van der Waals surface area contributed by atoms with Crippen molar-refractivity contribution >= 4 is 23.6 Å². The fourth-order valence-electron chi connectivity index (χ4n) is 5.00. The van der Waals surface area contributed by atoms with Gasteiger partial charge in [0.2, 0.25) is 11.8 Å². The van der Waals surface area contributed by atoms with Gasteiger partial charge >= 0.3 is 0 Å².